The maximum Gasteiger partial charge on any atom is 0.305 e. The van der Waals surface area contributed by atoms with Gasteiger partial charge in [-0.05, 0) is 31.6 Å². The molecule has 1 saturated carbocycles. The van der Waals surface area contributed by atoms with Crippen LogP contribution in [0.15, 0.2) is 12.2 Å². The van der Waals surface area contributed by atoms with Crippen LogP contribution in [0.25, 0.3) is 0 Å². The molecular formula is C44H80O9. The van der Waals surface area contributed by atoms with Gasteiger partial charge in [-0.2, -0.15) is 0 Å². The summed E-state index contributed by atoms with van der Waals surface area (Å²) in [5, 5.41) is 41.1. The van der Waals surface area contributed by atoms with E-state index in [0.29, 0.717) is 25.7 Å². The number of unbranched alkanes of at least 4 members (excludes halogenated alkanes) is 16. The van der Waals surface area contributed by atoms with Crippen LogP contribution in [0.2, 0.25) is 0 Å². The third kappa shape index (κ3) is 26.6. The van der Waals surface area contributed by atoms with Gasteiger partial charge in [0.2, 0.25) is 0 Å². The molecule has 1 fully saturated rings. The number of hydrogen-bond donors (Lipinski definition) is 4. The van der Waals surface area contributed by atoms with Crippen LogP contribution in [0.1, 0.15) is 194 Å². The van der Waals surface area contributed by atoms with Crippen molar-refractivity contribution in [1.29, 1.82) is 0 Å². The van der Waals surface area contributed by atoms with Gasteiger partial charge in [0.1, 0.15) is 25.1 Å². The Morgan fingerprint density at radius 2 is 1.11 bits per heavy atom. The van der Waals surface area contributed by atoms with Crippen LogP contribution in [-0.4, -0.2) is 75.8 Å². The van der Waals surface area contributed by atoms with E-state index in [1.165, 1.54) is 83.5 Å². The van der Waals surface area contributed by atoms with Gasteiger partial charge < -0.3 is 29.9 Å². The van der Waals surface area contributed by atoms with Crippen molar-refractivity contribution in [2.24, 2.45) is 17.8 Å². The molecule has 4 N–H and O–H groups in total. The topological polar surface area (TPSA) is 151 Å². The number of rotatable bonds is 35. The fraction of sp³-hybridized carbons (Fsp3) is 0.886. The van der Waals surface area contributed by atoms with Crippen molar-refractivity contribution in [3.05, 3.63) is 12.2 Å². The molecule has 0 aromatic rings. The summed E-state index contributed by atoms with van der Waals surface area (Å²) in [4.78, 5) is 36.8. The van der Waals surface area contributed by atoms with Crippen molar-refractivity contribution in [2.75, 3.05) is 13.2 Å². The minimum Gasteiger partial charge on any atom is -0.463 e. The number of Topliss-reactive ketones (excluding diaryl/α,β-unsaturated/α-hetero) is 1. The van der Waals surface area contributed by atoms with E-state index in [-0.39, 0.29) is 56.6 Å². The first-order chi connectivity index (χ1) is 25.6. The van der Waals surface area contributed by atoms with Crippen molar-refractivity contribution in [3.63, 3.8) is 0 Å². The predicted molar refractivity (Wildman–Crippen MR) is 212 cm³/mol. The average Bonchev–Trinajstić information content (AvgIpc) is 3.40. The second-order valence-electron chi connectivity index (χ2n) is 16.0. The van der Waals surface area contributed by atoms with Crippen molar-refractivity contribution in [3.8, 4) is 0 Å². The van der Waals surface area contributed by atoms with E-state index in [9.17, 15) is 34.8 Å². The largest absolute Gasteiger partial charge is 0.463 e. The zero-order valence-corrected chi connectivity index (χ0v) is 34.0. The molecule has 0 amide bonds. The second-order valence-corrected chi connectivity index (χ2v) is 16.0. The minimum absolute atomic E-state index is 0.0414. The summed E-state index contributed by atoms with van der Waals surface area (Å²) in [6.07, 6.45) is 26.1. The van der Waals surface area contributed by atoms with Crippen molar-refractivity contribution < 1.29 is 44.3 Å². The lowest BCUT2D eigenvalue weighted by molar-refractivity contribution is -0.152. The number of hydrogen-bond acceptors (Lipinski definition) is 9. The molecule has 9 heteroatoms. The van der Waals surface area contributed by atoms with Gasteiger partial charge in [0, 0.05) is 43.9 Å². The molecule has 9 nitrogen and oxygen atoms in total. The fourth-order valence-electron chi connectivity index (χ4n) is 7.24. The van der Waals surface area contributed by atoms with Crippen LogP contribution >= 0.6 is 0 Å². The molecule has 0 aromatic heterocycles. The van der Waals surface area contributed by atoms with E-state index in [4.69, 9.17) is 9.47 Å². The Morgan fingerprint density at radius 1 is 0.642 bits per heavy atom. The van der Waals surface area contributed by atoms with Gasteiger partial charge in [0.05, 0.1) is 18.3 Å². The van der Waals surface area contributed by atoms with Gasteiger partial charge in [-0.3, -0.25) is 14.4 Å². The number of carbonyl (C=O) groups is 3. The molecule has 1 unspecified atom stereocenters. The van der Waals surface area contributed by atoms with E-state index in [1.807, 2.05) is 0 Å². The maximum absolute atomic E-state index is 12.7. The molecule has 0 heterocycles. The highest BCUT2D eigenvalue weighted by Gasteiger charge is 2.41. The number of aliphatic hydroxyl groups excluding tert-OH is 4. The number of ketones is 1. The first-order valence-corrected chi connectivity index (χ1v) is 21.8. The van der Waals surface area contributed by atoms with Gasteiger partial charge >= 0.3 is 11.9 Å². The Balaban J connectivity index is 2.01. The zero-order valence-electron chi connectivity index (χ0n) is 34.0. The molecule has 0 radical (unpaired) electrons. The predicted octanol–water partition coefficient (Wildman–Crippen LogP) is 9.10. The Bertz CT molecular complexity index is 953. The molecule has 0 saturated heterocycles. The number of ether oxygens (including phenoxy) is 2. The molecule has 0 bridgehead atoms. The Morgan fingerprint density at radius 3 is 1.64 bits per heavy atom. The first-order valence-electron chi connectivity index (χ1n) is 21.8. The molecule has 1 aliphatic carbocycles. The van der Waals surface area contributed by atoms with Crippen LogP contribution in [0.4, 0.5) is 0 Å². The van der Waals surface area contributed by atoms with Gasteiger partial charge in [-0.15, -0.1) is 0 Å². The van der Waals surface area contributed by atoms with E-state index in [1.54, 1.807) is 12.2 Å². The van der Waals surface area contributed by atoms with Crippen molar-refractivity contribution in [1.82, 2.24) is 0 Å². The Hall–Kier alpha value is -1.81. The summed E-state index contributed by atoms with van der Waals surface area (Å²) in [7, 11) is 0. The molecule has 53 heavy (non-hydrogen) atoms. The molecule has 0 aromatic carbocycles. The highest BCUT2D eigenvalue weighted by atomic mass is 16.6. The molecule has 1 aliphatic rings. The molecular weight excluding hydrogens is 672 g/mol. The summed E-state index contributed by atoms with van der Waals surface area (Å²) in [5.41, 5.74) is 0. The Kier molecular flexibility index (Phi) is 30.1. The first kappa shape index (κ1) is 49.2. The van der Waals surface area contributed by atoms with Crippen LogP contribution in [-0.2, 0) is 23.9 Å². The lowest BCUT2D eigenvalue weighted by atomic mass is 9.87. The van der Waals surface area contributed by atoms with E-state index in [2.05, 4.69) is 20.8 Å². The zero-order chi connectivity index (χ0) is 39.1. The number of carbonyl (C=O) groups excluding carboxylic acids is 3. The molecule has 1 rings (SSSR count). The Labute approximate surface area is 323 Å². The average molecular weight is 753 g/mol. The van der Waals surface area contributed by atoms with Crippen LogP contribution < -0.4 is 0 Å². The van der Waals surface area contributed by atoms with Crippen LogP contribution in [0, 0.1) is 17.8 Å². The SMILES string of the molecule is CCCCC[C@H](O)/C=C/[C@@H]1[C@@H](CC(=O)CCCCC(=O)OC[C@@H](O)COC(=O)CCCCCCCCCCCCCCCCC(C)CC)[C@@H](O)C[C@H]1O. The smallest absolute Gasteiger partial charge is 0.305 e. The third-order valence-corrected chi connectivity index (χ3v) is 11.0. The lowest BCUT2D eigenvalue weighted by Gasteiger charge is -2.20. The minimum atomic E-state index is -1.09. The van der Waals surface area contributed by atoms with E-state index in [0.717, 1.165) is 44.4 Å². The highest BCUT2D eigenvalue weighted by molar-refractivity contribution is 5.79. The summed E-state index contributed by atoms with van der Waals surface area (Å²) in [6.45, 7) is 6.27. The number of aliphatic hydroxyl groups is 4. The van der Waals surface area contributed by atoms with Gasteiger partial charge in [-0.25, -0.2) is 0 Å². The standard InChI is InChI=1S/C44H80O9/c1-4-6-19-25-36(45)29-30-39-40(42(49)32-41(39)48)31-37(46)26-22-23-28-44(51)53-34-38(47)33-52-43(50)27-21-18-16-14-12-10-8-7-9-11-13-15-17-20-24-35(3)5-2/h29-30,35-36,38-42,45,47-49H,4-28,31-34H2,1-3H3/b30-29+/t35?,36-,38-,39+,40+,41+,42-/m0/s1. The lowest BCUT2D eigenvalue weighted by Crippen LogP contribution is -2.25. The fourth-order valence-corrected chi connectivity index (χ4v) is 7.24. The highest BCUT2D eigenvalue weighted by Crippen LogP contribution is 2.36. The molecule has 7 atom stereocenters. The number of esters is 2. The van der Waals surface area contributed by atoms with Crippen molar-refractivity contribution >= 4 is 17.7 Å². The van der Waals surface area contributed by atoms with Gasteiger partial charge in [0.15, 0.2) is 0 Å². The third-order valence-electron chi connectivity index (χ3n) is 11.0. The summed E-state index contributed by atoms with van der Waals surface area (Å²) < 4.78 is 10.3. The van der Waals surface area contributed by atoms with Crippen molar-refractivity contribution in [2.45, 2.75) is 219 Å². The molecule has 0 aliphatic heterocycles. The molecule has 310 valence electrons. The monoisotopic (exact) mass is 753 g/mol. The van der Waals surface area contributed by atoms with Gasteiger partial charge in [0.25, 0.3) is 0 Å². The van der Waals surface area contributed by atoms with Crippen LogP contribution in [0.5, 0.6) is 0 Å². The normalized spacial score (nSPS) is 20.4. The second kappa shape index (κ2) is 32.4. The van der Waals surface area contributed by atoms with E-state index < -0.39 is 36.3 Å². The van der Waals surface area contributed by atoms with Gasteiger partial charge in [-0.1, -0.05) is 148 Å². The van der Waals surface area contributed by atoms with E-state index >= 15 is 0 Å². The summed E-state index contributed by atoms with van der Waals surface area (Å²) in [5.74, 6) is -0.783. The van der Waals surface area contributed by atoms with Crippen LogP contribution in [0.3, 0.4) is 0 Å². The summed E-state index contributed by atoms with van der Waals surface area (Å²) >= 11 is 0. The quantitative estimate of drug-likeness (QED) is 0.0282. The molecule has 0 spiro atoms. The summed E-state index contributed by atoms with van der Waals surface area (Å²) in [6, 6.07) is 0. The maximum atomic E-state index is 12.7.